The summed E-state index contributed by atoms with van der Waals surface area (Å²) >= 11 is 0. The Kier molecular flexibility index (Phi) is 4.81. The smallest absolute Gasteiger partial charge is 0.0190 e. The Morgan fingerprint density at radius 1 is 0.913 bits per heavy atom. The molecule has 0 aliphatic heterocycles. The molecule has 2 aromatic rings. The summed E-state index contributed by atoms with van der Waals surface area (Å²) in [6, 6.07) is 15.4. The van der Waals surface area contributed by atoms with Gasteiger partial charge >= 0.3 is 0 Å². The van der Waals surface area contributed by atoms with Crippen molar-refractivity contribution in [3.05, 3.63) is 81.9 Å². The third-order valence-corrected chi connectivity index (χ3v) is 5.00. The standard InChI is InChI=1S/C23H26/c1-17-8-9-20(14-19(17)3)10-11-21-12-13-22(15-21)16-23-7-5-4-6-18(23)2/h4-11,14,16,21H,12-13,15H2,1-3H3/b11-10+,22-16-. The fourth-order valence-electron chi connectivity index (χ4n) is 3.29. The predicted octanol–water partition coefficient (Wildman–Crippen LogP) is 6.51. The van der Waals surface area contributed by atoms with Gasteiger partial charge in [0.25, 0.3) is 0 Å². The Labute approximate surface area is 140 Å². The van der Waals surface area contributed by atoms with Crippen molar-refractivity contribution in [2.24, 2.45) is 5.92 Å². The van der Waals surface area contributed by atoms with Crippen LogP contribution in [0.25, 0.3) is 12.2 Å². The number of hydrogen-bond donors (Lipinski definition) is 0. The van der Waals surface area contributed by atoms with Crippen molar-refractivity contribution in [1.29, 1.82) is 0 Å². The average Bonchev–Trinajstić information content (AvgIpc) is 2.98. The maximum absolute atomic E-state index is 2.41. The molecule has 0 heterocycles. The zero-order valence-electron chi connectivity index (χ0n) is 14.5. The third kappa shape index (κ3) is 4.01. The molecule has 0 nitrogen and oxygen atoms in total. The molecule has 1 saturated carbocycles. The van der Waals surface area contributed by atoms with E-state index in [0.717, 1.165) is 0 Å². The van der Waals surface area contributed by atoms with E-state index >= 15 is 0 Å². The second-order valence-electron chi connectivity index (χ2n) is 6.86. The first-order valence-corrected chi connectivity index (χ1v) is 8.62. The van der Waals surface area contributed by atoms with Crippen LogP contribution in [-0.4, -0.2) is 0 Å². The van der Waals surface area contributed by atoms with Crippen LogP contribution in [-0.2, 0) is 0 Å². The highest BCUT2D eigenvalue weighted by atomic mass is 14.2. The minimum atomic E-state index is 0.687. The fraction of sp³-hybridized carbons (Fsp3) is 0.304. The average molecular weight is 302 g/mol. The topological polar surface area (TPSA) is 0 Å². The van der Waals surface area contributed by atoms with Crippen molar-refractivity contribution in [2.75, 3.05) is 0 Å². The van der Waals surface area contributed by atoms with Crippen LogP contribution in [0, 0.1) is 26.7 Å². The van der Waals surface area contributed by atoms with E-state index in [-0.39, 0.29) is 0 Å². The summed E-state index contributed by atoms with van der Waals surface area (Å²) in [5, 5.41) is 0. The van der Waals surface area contributed by atoms with Crippen LogP contribution in [0.4, 0.5) is 0 Å². The van der Waals surface area contributed by atoms with Crippen LogP contribution in [0.15, 0.2) is 54.1 Å². The van der Waals surface area contributed by atoms with Gasteiger partial charge in [-0.15, -0.1) is 0 Å². The molecule has 1 aliphatic carbocycles. The van der Waals surface area contributed by atoms with Gasteiger partial charge in [-0.3, -0.25) is 0 Å². The number of benzene rings is 2. The van der Waals surface area contributed by atoms with E-state index in [0.29, 0.717) is 5.92 Å². The summed E-state index contributed by atoms with van der Waals surface area (Å²) in [5.74, 6) is 0.687. The number of allylic oxidation sites excluding steroid dienone is 2. The van der Waals surface area contributed by atoms with Crippen molar-refractivity contribution in [3.8, 4) is 0 Å². The Morgan fingerprint density at radius 2 is 1.74 bits per heavy atom. The summed E-state index contributed by atoms with van der Waals surface area (Å²) in [6.45, 7) is 6.55. The molecule has 1 fully saturated rings. The van der Waals surface area contributed by atoms with Crippen molar-refractivity contribution >= 4 is 12.2 Å². The van der Waals surface area contributed by atoms with Crippen LogP contribution < -0.4 is 0 Å². The van der Waals surface area contributed by atoms with Crippen LogP contribution in [0.3, 0.4) is 0 Å². The Balaban J connectivity index is 1.67. The fourth-order valence-corrected chi connectivity index (χ4v) is 3.29. The van der Waals surface area contributed by atoms with Gasteiger partial charge in [0.2, 0.25) is 0 Å². The van der Waals surface area contributed by atoms with E-state index in [1.807, 2.05) is 0 Å². The lowest BCUT2D eigenvalue weighted by Crippen LogP contribution is -1.87. The van der Waals surface area contributed by atoms with Gasteiger partial charge in [0.05, 0.1) is 0 Å². The molecule has 0 radical (unpaired) electrons. The van der Waals surface area contributed by atoms with Gasteiger partial charge in [-0.1, -0.05) is 66.3 Å². The largest absolute Gasteiger partial charge is 0.0805 e. The quantitative estimate of drug-likeness (QED) is 0.606. The predicted molar refractivity (Wildman–Crippen MR) is 101 cm³/mol. The molecule has 0 aromatic heterocycles. The molecule has 0 saturated heterocycles. The summed E-state index contributed by atoms with van der Waals surface area (Å²) in [4.78, 5) is 0. The monoisotopic (exact) mass is 302 g/mol. The molecule has 0 bridgehead atoms. The van der Waals surface area contributed by atoms with Crippen LogP contribution in [0.2, 0.25) is 0 Å². The molecule has 0 heteroatoms. The second kappa shape index (κ2) is 7.00. The van der Waals surface area contributed by atoms with Crippen molar-refractivity contribution in [1.82, 2.24) is 0 Å². The maximum Gasteiger partial charge on any atom is -0.0190 e. The first kappa shape index (κ1) is 15.8. The van der Waals surface area contributed by atoms with E-state index < -0.39 is 0 Å². The second-order valence-corrected chi connectivity index (χ2v) is 6.86. The third-order valence-electron chi connectivity index (χ3n) is 5.00. The number of hydrogen-bond acceptors (Lipinski definition) is 0. The van der Waals surface area contributed by atoms with Crippen molar-refractivity contribution in [2.45, 2.75) is 40.0 Å². The molecule has 0 spiro atoms. The molecule has 3 rings (SSSR count). The van der Waals surface area contributed by atoms with Gasteiger partial charge < -0.3 is 0 Å². The zero-order valence-corrected chi connectivity index (χ0v) is 14.5. The van der Waals surface area contributed by atoms with E-state index in [2.05, 4.69) is 81.5 Å². The zero-order chi connectivity index (χ0) is 16.2. The molecular formula is C23H26. The molecule has 1 aliphatic rings. The van der Waals surface area contributed by atoms with Crippen molar-refractivity contribution < 1.29 is 0 Å². The van der Waals surface area contributed by atoms with E-state index in [1.54, 1.807) is 5.57 Å². The lowest BCUT2D eigenvalue weighted by molar-refractivity contribution is 0.697. The molecule has 23 heavy (non-hydrogen) atoms. The molecular weight excluding hydrogens is 276 g/mol. The number of aryl methyl sites for hydroxylation is 3. The van der Waals surface area contributed by atoms with Gasteiger partial charge in [0, 0.05) is 0 Å². The number of rotatable bonds is 3. The highest BCUT2D eigenvalue weighted by Gasteiger charge is 2.16. The van der Waals surface area contributed by atoms with Crippen molar-refractivity contribution in [3.63, 3.8) is 0 Å². The molecule has 0 amide bonds. The molecule has 0 N–H and O–H groups in total. The Hall–Kier alpha value is -2.08. The maximum atomic E-state index is 2.41. The van der Waals surface area contributed by atoms with Gasteiger partial charge in [0.1, 0.15) is 0 Å². The lowest BCUT2D eigenvalue weighted by Gasteiger charge is -2.04. The van der Waals surface area contributed by atoms with Crippen LogP contribution in [0.1, 0.15) is 47.1 Å². The SMILES string of the molecule is Cc1ccc(/C=C/C2CC/C(=C/c3ccccc3C)C2)cc1C. The molecule has 118 valence electrons. The lowest BCUT2D eigenvalue weighted by atomic mass is 10.0. The van der Waals surface area contributed by atoms with Gasteiger partial charge in [-0.05, 0) is 73.8 Å². The Bertz CT molecular complexity index is 746. The van der Waals surface area contributed by atoms with E-state index in [1.165, 1.54) is 47.1 Å². The molecule has 1 unspecified atom stereocenters. The van der Waals surface area contributed by atoms with E-state index in [4.69, 9.17) is 0 Å². The molecule has 1 atom stereocenters. The van der Waals surface area contributed by atoms with Gasteiger partial charge in [-0.25, -0.2) is 0 Å². The summed E-state index contributed by atoms with van der Waals surface area (Å²) in [6.07, 6.45) is 10.8. The highest BCUT2D eigenvalue weighted by Crippen LogP contribution is 2.33. The first-order chi connectivity index (χ1) is 11.1. The summed E-state index contributed by atoms with van der Waals surface area (Å²) in [5.41, 5.74) is 8.40. The summed E-state index contributed by atoms with van der Waals surface area (Å²) < 4.78 is 0. The van der Waals surface area contributed by atoms with Crippen LogP contribution >= 0.6 is 0 Å². The summed E-state index contributed by atoms with van der Waals surface area (Å²) in [7, 11) is 0. The highest BCUT2D eigenvalue weighted by molar-refractivity contribution is 5.57. The minimum Gasteiger partial charge on any atom is -0.0805 e. The van der Waals surface area contributed by atoms with Gasteiger partial charge in [0.15, 0.2) is 0 Å². The normalized spacial score (nSPS) is 19.8. The molecule has 2 aromatic carbocycles. The van der Waals surface area contributed by atoms with Gasteiger partial charge in [-0.2, -0.15) is 0 Å². The van der Waals surface area contributed by atoms with Crippen LogP contribution in [0.5, 0.6) is 0 Å². The Morgan fingerprint density at radius 3 is 2.52 bits per heavy atom. The van der Waals surface area contributed by atoms with E-state index in [9.17, 15) is 0 Å². The minimum absolute atomic E-state index is 0.687. The first-order valence-electron chi connectivity index (χ1n) is 8.62.